The van der Waals surface area contributed by atoms with E-state index in [0.29, 0.717) is 0 Å². The smallest absolute Gasteiger partial charge is 0.238 e. The Kier molecular flexibility index (Phi) is 6.06. The van der Waals surface area contributed by atoms with Crippen molar-refractivity contribution in [3.63, 3.8) is 0 Å². The molecule has 0 aliphatic carbocycles. The summed E-state index contributed by atoms with van der Waals surface area (Å²) >= 11 is 0. The van der Waals surface area contributed by atoms with Gasteiger partial charge in [0, 0.05) is 29.4 Å². The molecule has 3 atom stereocenters. The van der Waals surface area contributed by atoms with Crippen LogP contribution in [0.25, 0.3) is 0 Å². The van der Waals surface area contributed by atoms with Gasteiger partial charge in [0.25, 0.3) is 0 Å². The normalized spacial score (nSPS) is 20.7. The molecule has 1 aromatic heterocycles. The van der Waals surface area contributed by atoms with Crippen LogP contribution < -0.4 is 0 Å². The standard InChI is InChI=1S/C22H22N4O2/c1-25(2)14-21(28)26-19(12-23)22(20(26)15-27)18-9-7-16(8-10-18)5-6-17-4-3-11-24-13-17/h3-4,7-11,13,19-20,22,27H,14-15H2,1-2H3/t19-,20-,22-/m1/s1. The van der Waals surface area contributed by atoms with Crippen molar-refractivity contribution in [2.45, 2.75) is 18.0 Å². The van der Waals surface area contributed by atoms with Crippen LogP contribution in [0.3, 0.4) is 0 Å². The molecule has 3 rings (SSSR count). The molecule has 2 heterocycles. The van der Waals surface area contributed by atoms with Gasteiger partial charge in [-0.05, 0) is 43.9 Å². The maximum Gasteiger partial charge on any atom is 0.238 e. The quantitative estimate of drug-likeness (QED) is 0.814. The first-order valence-electron chi connectivity index (χ1n) is 9.03. The molecular weight excluding hydrogens is 352 g/mol. The second-order valence-corrected chi connectivity index (χ2v) is 7.00. The summed E-state index contributed by atoms with van der Waals surface area (Å²) < 4.78 is 0. The number of hydrogen-bond acceptors (Lipinski definition) is 5. The highest BCUT2D eigenvalue weighted by molar-refractivity contribution is 5.81. The zero-order chi connectivity index (χ0) is 20.1. The van der Waals surface area contributed by atoms with Crippen LogP contribution in [0.5, 0.6) is 0 Å². The SMILES string of the molecule is CN(C)CC(=O)N1[C@H](C#N)[C@@H](c2ccc(C#Cc3cccnc3)cc2)[C@H]1CO. The van der Waals surface area contributed by atoms with E-state index in [9.17, 15) is 15.2 Å². The number of nitriles is 1. The highest BCUT2D eigenvalue weighted by Gasteiger charge is 2.51. The monoisotopic (exact) mass is 374 g/mol. The van der Waals surface area contributed by atoms with Crippen LogP contribution in [0.4, 0.5) is 0 Å². The summed E-state index contributed by atoms with van der Waals surface area (Å²) in [6, 6.07) is 12.6. The number of pyridine rings is 1. The minimum atomic E-state index is -0.572. The summed E-state index contributed by atoms with van der Waals surface area (Å²) in [6.07, 6.45) is 3.41. The van der Waals surface area contributed by atoms with E-state index < -0.39 is 6.04 Å². The third-order valence-corrected chi connectivity index (χ3v) is 4.78. The maximum atomic E-state index is 12.4. The van der Waals surface area contributed by atoms with Crippen molar-refractivity contribution in [2.75, 3.05) is 27.2 Å². The fourth-order valence-electron chi connectivity index (χ4n) is 3.47. The van der Waals surface area contributed by atoms with Gasteiger partial charge >= 0.3 is 0 Å². The number of aromatic nitrogens is 1. The van der Waals surface area contributed by atoms with Crippen LogP contribution in [0.15, 0.2) is 48.8 Å². The Labute approximate surface area is 165 Å². The Morgan fingerprint density at radius 2 is 1.93 bits per heavy atom. The number of likely N-dealkylation sites (N-methyl/N-ethyl adjacent to an activating group) is 1. The van der Waals surface area contributed by atoms with Gasteiger partial charge in [-0.2, -0.15) is 5.26 Å². The van der Waals surface area contributed by atoms with E-state index in [1.54, 1.807) is 31.4 Å². The Hall–Kier alpha value is -3.19. The molecule has 0 saturated carbocycles. The van der Waals surface area contributed by atoms with Gasteiger partial charge in [0.05, 0.1) is 25.3 Å². The number of carbonyl (C=O) groups is 1. The number of amides is 1. The molecule has 1 saturated heterocycles. The molecule has 1 aliphatic rings. The lowest BCUT2D eigenvalue weighted by Gasteiger charge is -2.51. The van der Waals surface area contributed by atoms with E-state index >= 15 is 0 Å². The van der Waals surface area contributed by atoms with Crippen LogP contribution in [0.2, 0.25) is 0 Å². The number of aliphatic hydroxyl groups excluding tert-OH is 1. The fourth-order valence-corrected chi connectivity index (χ4v) is 3.47. The molecule has 1 fully saturated rings. The molecule has 0 unspecified atom stereocenters. The predicted molar refractivity (Wildman–Crippen MR) is 105 cm³/mol. The molecule has 1 amide bonds. The fraction of sp³-hybridized carbons (Fsp3) is 0.318. The van der Waals surface area contributed by atoms with E-state index in [4.69, 9.17) is 0 Å². The molecule has 28 heavy (non-hydrogen) atoms. The van der Waals surface area contributed by atoms with E-state index in [-0.39, 0.29) is 31.0 Å². The maximum absolute atomic E-state index is 12.4. The third-order valence-electron chi connectivity index (χ3n) is 4.78. The Balaban J connectivity index is 1.77. The number of carbonyl (C=O) groups excluding carboxylic acids is 1. The molecule has 0 spiro atoms. The molecule has 6 heteroatoms. The zero-order valence-electron chi connectivity index (χ0n) is 15.9. The van der Waals surface area contributed by atoms with Gasteiger partial charge in [0.15, 0.2) is 0 Å². The second-order valence-electron chi connectivity index (χ2n) is 7.00. The van der Waals surface area contributed by atoms with Gasteiger partial charge in [0.1, 0.15) is 6.04 Å². The summed E-state index contributed by atoms with van der Waals surface area (Å²) in [5.41, 5.74) is 2.61. The highest BCUT2D eigenvalue weighted by atomic mass is 16.3. The minimum Gasteiger partial charge on any atom is -0.394 e. The lowest BCUT2D eigenvalue weighted by molar-refractivity contribution is -0.147. The van der Waals surface area contributed by atoms with Crippen LogP contribution in [0.1, 0.15) is 22.6 Å². The molecule has 1 aromatic carbocycles. The van der Waals surface area contributed by atoms with Crippen LogP contribution in [-0.2, 0) is 4.79 Å². The van der Waals surface area contributed by atoms with Crippen LogP contribution >= 0.6 is 0 Å². The predicted octanol–water partition coefficient (Wildman–Crippen LogP) is 1.22. The summed E-state index contributed by atoms with van der Waals surface area (Å²) in [6.45, 7) is 0.0366. The molecule has 2 aromatic rings. The van der Waals surface area contributed by atoms with Gasteiger partial charge in [-0.3, -0.25) is 9.78 Å². The van der Waals surface area contributed by atoms with Gasteiger partial charge in [0.2, 0.25) is 5.91 Å². The number of benzene rings is 1. The molecular formula is C22H22N4O2. The first-order valence-corrected chi connectivity index (χ1v) is 9.03. The zero-order valence-corrected chi connectivity index (χ0v) is 15.9. The van der Waals surface area contributed by atoms with Crippen LogP contribution in [0, 0.1) is 23.2 Å². The summed E-state index contributed by atoms with van der Waals surface area (Å²) in [5, 5.41) is 19.4. The lowest BCUT2D eigenvalue weighted by Crippen LogP contribution is -2.66. The summed E-state index contributed by atoms with van der Waals surface area (Å²) in [4.78, 5) is 19.7. The molecule has 0 radical (unpaired) electrons. The van der Waals surface area contributed by atoms with E-state index in [2.05, 4.69) is 22.9 Å². The van der Waals surface area contributed by atoms with Gasteiger partial charge in [-0.15, -0.1) is 0 Å². The minimum absolute atomic E-state index is 0.147. The largest absolute Gasteiger partial charge is 0.394 e. The summed E-state index contributed by atoms with van der Waals surface area (Å²) in [7, 11) is 3.60. The average molecular weight is 374 g/mol. The van der Waals surface area contributed by atoms with E-state index in [0.717, 1.165) is 16.7 Å². The van der Waals surface area contributed by atoms with Gasteiger partial charge < -0.3 is 14.9 Å². The van der Waals surface area contributed by atoms with Gasteiger partial charge in [-0.25, -0.2) is 0 Å². The molecule has 0 bridgehead atoms. The first-order chi connectivity index (χ1) is 13.5. The molecule has 6 nitrogen and oxygen atoms in total. The third kappa shape index (κ3) is 4.04. The van der Waals surface area contributed by atoms with Crippen molar-refractivity contribution < 1.29 is 9.90 Å². The van der Waals surface area contributed by atoms with E-state index in [1.165, 1.54) is 4.90 Å². The number of likely N-dealkylation sites (tertiary alicyclic amines) is 1. The van der Waals surface area contributed by atoms with Gasteiger partial charge in [-0.1, -0.05) is 24.0 Å². The van der Waals surface area contributed by atoms with Crippen molar-refractivity contribution in [1.82, 2.24) is 14.8 Å². The van der Waals surface area contributed by atoms with Crippen molar-refractivity contribution in [3.8, 4) is 17.9 Å². The number of nitrogens with zero attached hydrogens (tertiary/aromatic N) is 4. The summed E-state index contributed by atoms with van der Waals surface area (Å²) in [5.74, 6) is 5.79. The lowest BCUT2D eigenvalue weighted by atomic mass is 9.75. The highest BCUT2D eigenvalue weighted by Crippen LogP contribution is 2.40. The number of hydrogen-bond donors (Lipinski definition) is 1. The van der Waals surface area contributed by atoms with Crippen LogP contribution in [-0.4, -0.2) is 65.1 Å². The van der Waals surface area contributed by atoms with E-state index in [1.807, 2.05) is 36.4 Å². The van der Waals surface area contributed by atoms with Crippen molar-refractivity contribution in [1.29, 1.82) is 5.26 Å². The van der Waals surface area contributed by atoms with Crippen molar-refractivity contribution in [2.24, 2.45) is 0 Å². The Bertz CT molecular complexity index is 923. The second kappa shape index (κ2) is 8.67. The molecule has 1 aliphatic heterocycles. The topological polar surface area (TPSA) is 80.5 Å². The van der Waals surface area contributed by atoms with Crippen molar-refractivity contribution >= 4 is 5.91 Å². The molecule has 1 N–H and O–H groups in total. The van der Waals surface area contributed by atoms with Crippen molar-refractivity contribution in [3.05, 3.63) is 65.5 Å². The Morgan fingerprint density at radius 1 is 1.21 bits per heavy atom. The number of aliphatic hydroxyl groups is 1. The first kappa shape index (κ1) is 19.6. The number of rotatable bonds is 4. The average Bonchev–Trinajstić information content (AvgIpc) is 2.67. The Morgan fingerprint density at radius 3 is 2.50 bits per heavy atom. The molecule has 142 valence electrons.